The van der Waals surface area contributed by atoms with Crippen LogP contribution in [-0.2, 0) is 14.8 Å². The van der Waals surface area contributed by atoms with Crippen molar-refractivity contribution in [3.63, 3.8) is 0 Å². The van der Waals surface area contributed by atoms with Crippen molar-refractivity contribution in [1.82, 2.24) is 4.72 Å². The lowest BCUT2D eigenvalue weighted by atomic mass is 9.99. The first-order valence-electron chi connectivity index (χ1n) is 6.83. The van der Waals surface area contributed by atoms with E-state index in [9.17, 15) is 13.2 Å². The van der Waals surface area contributed by atoms with E-state index in [0.717, 1.165) is 12.0 Å². The Morgan fingerprint density at radius 2 is 2.00 bits per heavy atom. The first-order valence-corrected chi connectivity index (χ1v) is 8.31. The maximum Gasteiger partial charge on any atom is 0.241 e. The topological polar surface area (TPSA) is 101 Å². The van der Waals surface area contributed by atoms with Crippen LogP contribution in [0.2, 0.25) is 0 Å². The summed E-state index contributed by atoms with van der Waals surface area (Å²) < 4.78 is 25.8. The minimum absolute atomic E-state index is 0.0505. The molecule has 1 aromatic carbocycles. The van der Waals surface area contributed by atoms with Crippen molar-refractivity contribution in [3.8, 4) is 0 Å². The van der Waals surface area contributed by atoms with Crippen LogP contribution in [0.25, 0.3) is 0 Å². The Hall–Kier alpha value is -1.44. The largest absolute Gasteiger partial charge is 0.324 e. The van der Waals surface area contributed by atoms with E-state index < -0.39 is 16.1 Å². The van der Waals surface area contributed by atoms with Crippen molar-refractivity contribution < 1.29 is 13.2 Å². The Bertz CT molecular complexity index is 614. The number of benzene rings is 1. The summed E-state index contributed by atoms with van der Waals surface area (Å²) in [6.07, 6.45) is 0.793. The van der Waals surface area contributed by atoms with Crippen molar-refractivity contribution in [3.05, 3.63) is 23.8 Å². The molecule has 1 rings (SSSR count). The van der Waals surface area contributed by atoms with Crippen LogP contribution in [0, 0.1) is 12.8 Å². The van der Waals surface area contributed by atoms with Gasteiger partial charge in [-0.2, -0.15) is 0 Å². The van der Waals surface area contributed by atoms with Gasteiger partial charge in [-0.05, 0) is 37.6 Å². The summed E-state index contributed by atoms with van der Waals surface area (Å²) in [4.78, 5) is 12.2. The molecule has 0 radical (unpaired) electrons. The summed E-state index contributed by atoms with van der Waals surface area (Å²) in [5, 5.41) is 2.71. The van der Waals surface area contributed by atoms with Crippen LogP contribution >= 0.6 is 0 Å². The predicted octanol–water partition coefficient (Wildman–Crippen LogP) is 1.22. The van der Waals surface area contributed by atoms with Gasteiger partial charge in [-0.15, -0.1) is 0 Å². The van der Waals surface area contributed by atoms with Crippen LogP contribution in [-0.4, -0.2) is 27.4 Å². The molecule has 1 amide bonds. The van der Waals surface area contributed by atoms with E-state index in [1.807, 2.05) is 13.8 Å². The summed E-state index contributed by atoms with van der Waals surface area (Å²) in [5.74, 6) is -0.263. The smallest absolute Gasteiger partial charge is 0.241 e. The molecule has 6 nitrogen and oxygen atoms in total. The van der Waals surface area contributed by atoms with Gasteiger partial charge in [0.2, 0.25) is 15.9 Å². The maximum absolute atomic E-state index is 12.1. The highest BCUT2D eigenvalue weighted by Crippen LogP contribution is 2.20. The van der Waals surface area contributed by atoms with E-state index in [2.05, 4.69) is 10.0 Å². The van der Waals surface area contributed by atoms with Gasteiger partial charge in [-0.1, -0.05) is 26.3 Å². The molecular formula is C14H23N3O3S. The van der Waals surface area contributed by atoms with Crippen molar-refractivity contribution >= 4 is 21.6 Å². The molecule has 0 unspecified atom stereocenters. The minimum Gasteiger partial charge on any atom is -0.324 e. The summed E-state index contributed by atoms with van der Waals surface area (Å²) in [6.45, 7) is 5.66. The lowest BCUT2D eigenvalue weighted by Gasteiger charge is -2.19. The quantitative estimate of drug-likeness (QED) is 0.735. The number of sulfonamides is 1. The van der Waals surface area contributed by atoms with Gasteiger partial charge in [0.15, 0.2) is 0 Å². The number of amides is 1. The van der Waals surface area contributed by atoms with Crippen molar-refractivity contribution in [2.45, 2.75) is 38.1 Å². The van der Waals surface area contributed by atoms with Crippen molar-refractivity contribution in [2.75, 3.05) is 12.4 Å². The molecule has 0 saturated heterocycles. The van der Waals surface area contributed by atoms with Gasteiger partial charge in [0.1, 0.15) is 0 Å². The predicted molar refractivity (Wildman–Crippen MR) is 83.5 cm³/mol. The highest BCUT2D eigenvalue weighted by Gasteiger charge is 2.21. The van der Waals surface area contributed by atoms with Crippen LogP contribution in [0.5, 0.6) is 0 Å². The molecule has 0 aliphatic heterocycles. The fourth-order valence-electron chi connectivity index (χ4n) is 1.75. The number of rotatable bonds is 6. The second kappa shape index (κ2) is 7.02. The Morgan fingerprint density at radius 1 is 1.38 bits per heavy atom. The van der Waals surface area contributed by atoms with Gasteiger partial charge in [-0.3, -0.25) is 4.79 Å². The molecule has 0 aromatic heterocycles. The van der Waals surface area contributed by atoms with Crippen molar-refractivity contribution in [2.24, 2.45) is 11.7 Å². The van der Waals surface area contributed by atoms with E-state index in [0.29, 0.717) is 5.69 Å². The third-order valence-electron chi connectivity index (χ3n) is 3.61. The van der Waals surface area contributed by atoms with Crippen LogP contribution in [0.4, 0.5) is 5.69 Å². The molecule has 2 atom stereocenters. The Labute approximate surface area is 126 Å². The molecule has 0 aliphatic rings. The number of nitrogens with two attached hydrogens (primary N) is 1. The number of hydrogen-bond acceptors (Lipinski definition) is 4. The molecule has 21 heavy (non-hydrogen) atoms. The number of carbonyl (C=O) groups excluding carboxylic acids is 1. The standard InChI is InChI=1S/C14H23N3O3S/c1-5-9(2)13(15)14(18)17-12-8-11(7-6-10(12)3)21(19,20)16-4/h6-9,13,16H,5,15H2,1-4H3,(H,17,18)/t9-,13-/m0/s1. The summed E-state index contributed by atoms with van der Waals surface area (Å²) in [6, 6.07) is 3.95. The Morgan fingerprint density at radius 3 is 2.52 bits per heavy atom. The molecule has 4 N–H and O–H groups in total. The molecular weight excluding hydrogens is 290 g/mol. The Kier molecular flexibility index (Phi) is 5.88. The van der Waals surface area contributed by atoms with E-state index in [1.165, 1.54) is 19.2 Å². The van der Waals surface area contributed by atoms with Gasteiger partial charge in [0.05, 0.1) is 10.9 Å². The number of nitrogens with one attached hydrogen (secondary N) is 2. The Balaban J connectivity index is 3.04. The summed E-state index contributed by atoms with van der Waals surface area (Å²) in [5.41, 5.74) is 7.10. The van der Waals surface area contributed by atoms with E-state index in [4.69, 9.17) is 5.73 Å². The summed E-state index contributed by atoms with van der Waals surface area (Å²) >= 11 is 0. The van der Waals surface area contributed by atoms with Crippen LogP contribution in [0.15, 0.2) is 23.1 Å². The highest BCUT2D eigenvalue weighted by molar-refractivity contribution is 7.89. The lowest BCUT2D eigenvalue weighted by molar-refractivity contribution is -0.118. The number of carbonyl (C=O) groups is 1. The number of hydrogen-bond donors (Lipinski definition) is 3. The summed E-state index contributed by atoms with van der Waals surface area (Å²) in [7, 11) is -2.21. The van der Waals surface area contributed by atoms with E-state index in [-0.39, 0.29) is 16.7 Å². The molecule has 0 fully saturated rings. The monoisotopic (exact) mass is 313 g/mol. The van der Waals surface area contributed by atoms with Gasteiger partial charge in [0, 0.05) is 5.69 Å². The molecule has 0 heterocycles. The molecule has 0 spiro atoms. The van der Waals surface area contributed by atoms with Crippen LogP contribution in [0.3, 0.4) is 0 Å². The zero-order valence-electron chi connectivity index (χ0n) is 12.8. The highest BCUT2D eigenvalue weighted by atomic mass is 32.2. The number of anilines is 1. The lowest BCUT2D eigenvalue weighted by Crippen LogP contribution is -2.40. The van der Waals surface area contributed by atoms with Gasteiger partial charge in [-0.25, -0.2) is 13.1 Å². The number of aryl methyl sites for hydroxylation is 1. The fourth-order valence-corrected chi connectivity index (χ4v) is 2.51. The zero-order valence-corrected chi connectivity index (χ0v) is 13.6. The van der Waals surface area contributed by atoms with E-state index >= 15 is 0 Å². The second-order valence-corrected chi connectivity index (χ2v) is 6.97. The molecule has 0 saturated carbocycles. The molecule has 0 aliphatic carbocycles. The molecule has 118 valence electrons. The molecule has 1 aromatic rings. The average Bonchev–Trinajstić information content (AvgIpc) is 2.47. The van der Waals surface area contributed by atoms with Gasteiger partial charge in [0.25, 0.3) is 0 Å². The maximum atomic E-state index is 12.1. The van der Waals surface area contributed by atoms with Crippen LogP contribution in [0.1, 0.15) is 25.8 Å². The average molecular weight is 313 g/mol. The fraction of sp³-hybridized carbons (Fsp3) is 0.500. The third kappa shape index (κ3) is 4.26. The first kappa shape index (κ1) is 17.6. The molecule has 7 heteroatoms. The van der Waals surface area contributed by atoms with Crippen molar-refractivity contribution in [1.29, 1.82) is 0 Å². The van der Waals surface area contributed by atoms with E-state index in [1.54, 1.807) is 13.0 Å². The zero-order chi connectivity index (χ0) is 16.2. The second-order valence-electron chi connectivity index (χ2n) is 5.08. The van der Waals surface area contributed by atoms with Crippen LogP contribution < -0.4 is 15.8 Å². The third-order valence-corrected chi connectivity index (χ3v) is 5.02. The normalized spacial score (nSPS) is 14.5. The minimum atomic E-state index is -3.55. The van der Waals surface area contributed by atoms with Gasteiger partial charge < -0.3 is 11.1 Å². The first-order chi connectivity index (χ1) is 9.72. The SMILES string of the molecule is CC[C@H](C)[C@H](N)C(=O)Nc1cc(S(=O)(=O)NC)ccc1C. The van der Waals surface area contributed by atoms with Gasteiger partial charge >= 0.3 is 0 Å². The molecule has 0 bridgehead atoms.